The number of benzene rings is 1. The molecule has 5 heteroatoms. The van der Waals surface area contributed by atoms with E-state index in [1.165, 1.54) is 0 Å². The highest BCUT2D eigenvalue weighted by Crippen LogP contribution is 2.23. The van der Waals surface area contributed by atoms with Gasteiger partial charge in [-0.25, -0.2) is 4.98 Å². The Kier molecular flexibility index (Phi) is 4.56. The number of rotatable bonds is 5. The average Bonchev–Trinajstić information content (AvgIpc) is 2.85. The van der Waals surface area contributed by atoms with Crippen molar-refractivity contribution < 1.29 is 4.74 Å². The van der Waals surface area contributed by atoms with Crippen LogP contribution in [0.5, 0.6) is 11.6 Å². The molecule has 2 atom stereocenters. The second-order valence-corrected chi connectivity index (χ2v) is 5.71. The largest absolute Gasteiger partial charge is 0.439 e. The van der Waals surface area contributed by atoms with Gasteiger partial charge >= 0.3 is 0 Å². The molecule has 3 rings (SSSR count). The van der Waals surface area contributed by atoms with Gasteiger partial charge in [-0.3, -0.25) is 10.9 Å². The topological polar surface area (TPSA) is 58.2 Å². The third-order valence-corrected chi connectivity index (χ3v) is 4.06. The van der Waals surface area contributed by atoms with Crippen molar-refractivity contribution in [2.45, 2.75) is 25.9 Å². The highest BCUT2D eigenvalue weighted by Gasteiger charge is 2.29. The molecule has 1 saturated heterocycles. The van der Waals surface area contributed by atoms with Gasteiger partial charge in [0.05, 0.1) is 0 Å². The molecule has 1 aliphatic heterocycles. The van der Waals surface area contributed by atoms with Crippen molar-refractivity contribution in [2.75, 3.05) is 11.9 Å². The molecular formula is C17H22N4O. The van der Waals surface area contributed by atoms with E-state index in [0.717, 1.165) is 18.0 Å². The lowest BCUT2D eigenvalue weighted by Crippen LogP contribution is -2.30. The third kappa shape index (κ3) is 3.55. The molecule has 2 aromatic rings. The van der Waals surface area contributed by atoms with E-state index in [1.807, 2.05) is 36.4 Å². The number of nitrogens with one attached hydrogen (secondary N) is 3. The molecule has 1 fully saturated rings. The average molecular weight is 298 g/mol. The Bertz CT molecular complexity index is 595. The maximum absolute atomic E-state index is 5.76. The van der Waals surface area contributed by atoms with Gasteiger partial charge in [0.1, 0.15) is 5.75 Å². The van der Waals surface area contributed by atoms with Gasteiger partial charge in [-0.2, -0.15) is 0 Å². The van der Waals surface area contributed by atoms with E-state index in [9.17, 15) is 0 Å². The summed E-state index contributed by atoms with van der Waals surface area (Å²) in [6, 6.07) is 14.5. The number of anilines is 1. The second-order valence-electron chi connectivity index (χ2n) is 5.71. The molecule has 0 aliphatic carbocycles. The van der Waals surface area contributed by atoms with Gasteiger partial charge in [-0.15, -0.1) is 0 Å². The number of pyridine rings is 1. The summed E-state index contributed by atoms with van der Waals surface area (Å²) in [5, 5.41) is 3.49. The molecule has 0 bridgehead atoms. The Morgan fingerprint density at radius 1 is 1.09 bits per heavy atom. The second kappa shape index (κ2) is 6.77. The highest BCUT2D eigenvalue weighted by molar-refractivity contribution is 5.49. The van der Waals surface area contributed by atoms with Crippen molar-refractivity contribution in [2.24, 2.45) is 5.92 Å². The quantitative estimate of drug-likeness (QED) is 0.792. The minimum absolute atomic E-state index is 0.454. The van der Waals surface area contributed by atoms with Crippen molar-refractivity contribution in [1.82, 2.24) is 15.8 Å². The van der Waals surface area contributed by atoms with Crippen LogP contribution >= 0.6 is 0 Å². The highest BCUT2D eigenvalue weighted by atomic mass is 16.5. The molecule has 0 amide bonds. The summed E-state index contributed by atoms with van der Waals surface area (Å²) >= 11 is 0. The van der Waals surface area contributed by atoms with Gasteiger partial charge in [0.2, 0.25) is 5.88 Å². The molecule has 3 N–H and O–H groups in total. The van der Waals surface area contributed by atoms with Gasteiger partial charge in [0, 0.05) is 48.6 Å². The maximum atomic E-state index is 5.76. The molecule has 116 valence electrons. The van der Waals surface area contributed by atoms with Gasteiger partial charge in [-0.1, -0.05) is 12.1 Å². The van der Waals surface area contributed by atoms with Crippen LogP contribution in [-0.4, -0.2) is 23.6 Å². The number of hydrogen-bond donors (Lipinski definition) is 3. The lowest BCUT2D eigenvalue weighted by atomic mass is 9.97. The first-order valence-corrected chi connectivity index (χ1v) is 7.66. The van der Waals surface area contributed by atoms with Crippen LogP contribution in [0.2, 0.25) is 0 Å². The first kappa shape index (κ1) is 14.8. The molecule has 1 aromatic heterocycles. The third-order valence-electron chi connectivity index (χ3n) is 4.06. The van der Waals surface area contributed by atoms with Gasteiger partial charge < -0.3 is 10.1 Å². The first-order chi connectivity index (χ1) is 10.7. The van der Waals surface area contributed by atoms with Crippen LogP contribution in [-0.2, 0) is 0 Å². The number of aromatic nitrogens is 1. The molecule has 0 saturated carbocycles. The summed E-state index contributed by atoms with van der Waals surface area (Å²) in [7, 11) is 0. The fourth-order valence-electron chi connectivity index (χ4n) is 2.70. The Labute approximate surface area is 131 Å². The van der Waals surface area contributed by atoms with Crippen molar-refractivity contribution in [3.8, 4) is 11.6 Å². The standard InChI is InChI=1S/C17H22N4O/c1-12-16(13(2)21-20-12)11-19-14-6-5-7-15(10-14)22-17-8-3-4-9-18-17/h3-10,12-13,16,19-21H,11H2,1-2H3. The van der Waals surface area contributed by atoms with Crippen LogP contribution in [0, 0.1) is 5.92 Å². The van der Waals surface area contributed by atoms with E-state index in [1.54, 1.807) is 6.20 Å². The summed E-state index contributed by atoms with van der Waals surface area (Å²) in [5.41, 5.74) is 7.61. The molecule has 0 spiro atoms. The molecule has 5 nitrogen and oxygen atoms in total. The number of nitrogens with zero attached hydrogens (tertiary/aromatic N) is 1. The lowest BCUT2D eigenvalue weighted by molar-refractivity contribution is 0.461. The minimum Gasteiger partial charge on any atom is -0.439 e. The number of hydrogen-bond acceptors (Lipinski definition) is 5. The summed E-state index contributed by atoms with van der Waals surface area (Å²) in [6.07, 6.45) is 1.72. The normalized spacial score (nSPS) is 24.2. The van der Waals surface area contributed by atoms with E-state index in [2.05, 4.69) is 41.1 Å². The Morgan fingerprint density at radius 2 is 1.91 bits per heavy atom. The monoisotopic (exact) mass is 298 g/mol. The van der Waals surface area contributed by atoms with E-state index < -0.39 is 0 Å². The van der Waals surface area contributed by atoms with Crippen LogP contribution in [0.1, 0.15) is 13.8 Å². The Hall–Kier alpha value is -2.11. The summed E-state index contributed by atoms with van der Waals surface area (Å²) < 4.78 is 5.76. The summed E-state index contributed by atoms with van der Waals surface area (Å²) in [6.45, 7) is 5.31. The van der Waals surface area contributed by atoms with Crippen LogP contribution in [0.25, 0.3) is 0 Å². The SMILES string of the molecule is CC1NNC(C)C1CNc1cccc(Oc2ccccn2)c1. The zero-order valence-corrected chi connectivity index (χ0v) is 12.9. The van der Waals surface area contributed by atoms with Crippen LogP contribution in [0.15, 0.2) is 48.7 Å². The zero-order chi connectivity index (χ0) is 15.4. The lowest BCUT2D eigenvalue weighted by Gasteiger charge is -2.19. The van der Waals surface area contributed by atoms with E-state index in [4.69, 9.17) is 4.74 Å². The molecule has 0 radical (unpaired) electrons. The van der Waals surface area contributed by atoms with Crippen molar-refractivity contribution in [3.63, 3.8) is 0 Å². The number of ether oxygens (including phenoxy) is 1. The summed E-state index contributed by atoms with van der Waals surface area (Å²) in [5.74, 6) is 1.93. The number of hydrazine groups is 1. The fraction of sp³-hybridized carbons (Fsp3) is 0.353. The maximum Gasteiger partial charge on any atom is 0.219 e. The van der Waals surface area contributed by atoms with Gasteiger partial charge in [0.15, 0.2) is 0 Å². The smallest absolute Gasteiger partial charge is 0.219 e. The predicted octanol–water partition coefficient (Wildman–Crippen LogP) is 2.79. The van der Waals surface area contributed by atoms with Gasteiger partial charge in [0.25, 0.3) is 0 Å². The molecule has 22 heavy (non-hydrogen) atoms. The van der Waals surface area contributed by atoms with Crippen molar-refractivity contribution in [3.05, 3.63) is 48.7 Å². The predicted molar refractivity (Wildman–Crippen MR) is 87.9 cm³/mol. The molecular weight excluding hydrogens is 276 g/mol. The van der Waals surface area contributed by atoms with E-state index >= 15 is 0 Å². The molecule has 1 aromatic carbocycles. The first-order valence-electron chi connectivity index (χ1n) is 7.66. The molecule has 1 aliphatic rings. The zero-order valence-electron chi connectivity index (χ0n) is 12.9. The Morgan fingerprint density at radius 3 is 2.64 bits per heavy atom. The fourth-order valence-corrected chi connectivity index (χ4v) is 2.70. The summed E-state index contributed by atoms with van der Waals surface area (Å²) in [4.78, 5) is 4.17. The van der Waals surface area contributed by atoms with Crippen LogP contribution < -0.4 is 20.9 Å². The Balaban J connectivity index is 1.62. The molecule has 2 heterocycles. The van der Waals surface area contributed by atoms with Crippen LogP contribution in [0.4, 0.5) is 5.69 Å². The van der Waals surface area contributed by atoms with Crippen LogP contribution in [0.3, 0.4) is 0 Å². The van der Waals surface area contributed by atoms with Crippen molar-refractivity contribution in [1.29, 1.82) is 0 Å². The van der Waals surface area contributed by atoms with E-state index in [-0.39, 0.29) is 0 Å². The molecule has 2 unspecified atom stereocenters. The van der Waals surface area contributed by atoms with Gasteiger partial charge in [-0.05, 0) is 32.0 Å². The van der Waals surface area contributed by atoms with Crippen molar-refractivity contribution >= 4 is 5.69 Å². The minimum atomic E-state index is 0.454. The van der Waals surface area contributed by atoms with E-state index in [0.29, 0.717) is 23.9 Å².